The van der Waals surface area contributed by atoms with Gasteiger partial charge in [-0.15, -0.1) is 0 Å². The molecule has 0 aromatic carbocycles. The lowest BCUT2D eigenvalue weighted by Crippen LogP contribution is -2.54. The molecule has 1 fully saturated rings. The first-order chi connectivity index (χ1) is 6.90. The minimum atomic E-state index is -0.470. The first-order valence-corrected chi connectivity index (χ1v) is 5.49. The van der Waals surface area contributed by atoms with Gasteiger partial charge < -0.3 is 15.3 Å². The zero-order chi connectivity index (χ0) is 11.6. The van der Waals surface area contributed by atoms with Crippen molar-refractivity contribution >= 4 is 5.91 Å². The van der Waals surface area contributed by atoms with Gasteiger partial charge in [0.1, 0.15) is 0 Å². The molecule has 15 heavy (non-hydrogen) atoms. The van der Waals surface area contributed by atoms with Gasteiger partial charge in [-0.1, -0.05) is 6.92 Å². The second-order valence-corrected chi connectivity index (χ2v) is 5.07. The standard InChI is InChI=1S/C11H22N2O2/c1-8(9-5-12-6-9)10(15)13(4)11(2,3)7-14/h8-9,12,14H,5-7H2,1-4H3. The number of hydrogen-bond donors (Lipinski definition) is 2. The number of carbonyl (C=O) groups excluding carboxylic acids is 1. The van der Waals surface area contributed by atoms with Crippen molar-refractivity contribution in [2.45, 2.75) is 26.3 Å². The molecule has 0 radical (unpaired) electrons. The van der Waals surface area contributed by atoms with Crippen LogP contribution in [0.1, 0.15) is 20.8 Å². The molecule has 0 bridgehead atoms. The Balaban J connectivity index is 2.58. The van der Waals surface area contributed by atoms with E-state index in [1.165, 1.54) is 0 Å². The Bertz CT molecular complexity index is 237. The second-order valence-electron chi connectivity index (χ2n) is 5.07. The summed E-state index contributed by atoms with van der Waals surface area (Å²) >= 11 is 0. The van der Waals surface area contributed by atoms with Crippen molar-refractivity contribution in [1.29, 1.82) is 0 Å². The zero-order valence-corrected chi connectivity index (χ0v) is 10.1. The van der Waals surface area contributed by atoms with Crippen LogP contribution in [0, 0.1) is 11.8 Å². The molecule has 1 rings (SSSR count). The molecule has 4 nitrogen and oxygen atoms in total. The largest absolute Gasteiger partial charge is 0.394 e. The van der Waals surface area contributed by atoms with E-state index in [0.717, 1.165) is 13.1 Å². The fraction of sp³-hybridized carbons (Fsp3) is 0.909. The molecule has 1 atom stereocenters. The maximum absolute atomic E-state index is 12.1. The monoisotopic (exact) mass is 214 g/mol. The van der Waals surface area contributed by atoms with E-state index in [4.69, 9.17) is 0 Å². The summed E-state index contributed by atoms with van der Waals surface area (Å²) in [5.74, 6) is 0.622. The van der Waals surface area contributed by atoms with Crippen LogP contribution < -0.4 is 5.32 Å². The van der Waals surface area contributed by atoms with Crippen LogP contribution in [0.4, 0.5) is 0 Å². The van der Waals surface area contributed by atoms with Crippen LogP contribution in [0.15, 0.2) is 0 Å². The highest BCUT2D eigenvalue weighted by Crippen LogP contribution is 2.21. The summed E-state index contributed by atoms with van der Waals surface area (Å²) in [6, 6.07) is 0. The van der Waals surface area contributed by atoms with E-state index in [-0.39, 0.29) is 18.4 Å². The van der Waals surface area contributed by atoms with E-state index in [0.29, 0.717) is 5.92 Å². The van der Waals surface area contributed by atoms with E-state index in [1.807, 2.05) is 20.8 Å². The van der Waals surface area contributed by atoms with Gasteiger partial charge in [-0.3, -0.25) is 4.79 Å². The minimum absolute atomic E-state index is 0.00905. The van der Waals surface area contributed by atoms with E-state index in [2.05, 4.69) is 5.32 Å². The molecule has 1 saturated heterocycles. The molecule has 1 amide bonds. The van der Waals surface area contributed by atoms with Crippen LogP contribution in [0.5, 0.6) is 0 Å². The third kappa shape index (κ3) is 2.49. The van der Waals surface area contributed by atoms with Crippen LogP contribution in [-0.4, -0.2) is 48.2 Å². The van der Waals surface area contributed by atoms with Gasteiger partial charge in [0.25, 0.3) is 0 Å². The third-order valence-corrected chi connectivity index (χ3v) is 3.54. The Morgan fingerprint density at radius 2 is 2.13 bits per heavy atom. The van der Waals surface area contributed by atoms with E-state index < -0.39 is 5.54 Å². The number of rotatable bonds is 4. The molecule has 1 unspecified atom stereocenters. The van der Waals surface area contributed by atoms with Crippen molar-refractivity contribution in [1.82, 2.24) is 10.2 Å². The summed E-state index contributed by atoms with van der Waals surface area (Å²) < 4.78 is 0. The normalized spacial score (nSPS) is 19.5. The van der Waals surface area contributed by atoms with Crippen LogP contribution in [0.2, 0.25) is 0 Å². The highest BCUT2D eigenvalue weighted by Gasteiger charge is 2.35. The van der Waals surface area contributed by atoms with E-state index >= 15 is 0 Å². The predicted octanol–water partition coefficient (Wildman–Crippen LogP) is 0.0712. The molecular formula is C11H22N2O2. The highest BCUT2D eigenvalue weighted by atomic mass is 16.3. The maximum Gasteiger partial charge on any atom is 0.226 e. The Morgan fingerprint density at radius 1 is 1.60 bits per heavy atom. The third-order valence-electron chi connectivity index (χ3n) is 3.54. The molecule has 2 N–H and O–H groups in total. The summed E-state index contributed by atoms with van der Waals surface area (Å²) in [4.78, 5) is 13.7. The molecule has 0 spiro atoms. The molecule has 1 aliphatic rings. The molecule has 0 saturated carbocycles. The van der Waals surface area contributed by atoms with Crippen LogP contribution in [0.25, 0.3) is 0 Å². The lowest BCUT2D eigenvalue weighted by Gasteiger charge is -2.39. The molecule has 1 aliphatic heterocycles. The van der Waals surface area contributed by atoms with Gasteiger partial charge in [0, 0.05) is 13.0 Å². The Morgan fingerprint density at radius 3 is 2.47 bits per heavy atom. The number of aliphatic hydroxyl groups is 1. The van der Waals surface area contributed by atoms with Crippen LogP contribution in [0.3, 0.4) is 0 Å². The number of hydrogen-bond acceptors (Lipinski definition) is 3. The first-order valence-electron chi connectivity index (χ1n) is 5.49. The molecule has 0 aliphatic carbocycles. The summed E-state index contributed by atoms with van der Waals surface area (Å²) in [5.41, 5.74) is -0.470. The molecule has 88 valence electrons. The number of aliphatic hydroxyl groups excluding tert-OH is 1. The smallest absolute Gasteiger partial charge is 0.226 e. The SMILES string of the molecule is CC(C(=O)N(C)C(C)(C)CO)C1CNC1. The number of nitrogens with one attached hydrogen (secondary N) is 1. The molecule has 0 aromatic rings. The summed E-state index contributed by atoms with van der Waals surface area (Å²) in [6.07, 6.45) is 0. The zero-order valence-electron chi connectivity index (χ0n) is 10.1. The second kappa shape index (κ2) is 4.49. The average Bonchev–Trinajstić information content (AvgIpc) is 2.12. The first kappa shape index (κ1) is 12.5. The van der Waals surface area contributed by atoms with Crippen molar-refractivity contribution in [2.75, 3.05) is 26.7 Å². The number of likely N-dealkylation sites (N-methyl/N-ethyl adjacent to an activating group) is 1. The summed E-state index contributed by atoms with van der Waals surface area (Å²) in [6.45, 7) is 7.57. The number of amides is 1. The van der Waals surface area contributed by atoms with Gasteiger partial charge in [0.05, 0.1) is 12.1 Å². The fourth-order valence-corrected chi connectivity index (χ4v) is 1.58. The molecule has 4 heteroatoms. The number of nitrogens with zero attached hydrogens (tertiary/aromatic N) is 1. The quantitative estimate of drug-likeness (QED) is 0.696. The molecule has 0 aromatic heterocycles. The van der Waals surface area contributed by atoms with Crippen molar-refractivity contribution in [3.8, 4) is 0 Å². The predicted molar refractivity (Wildman–Crippen MR) is 59.5 cm³/mol. The van der Waals surface area contributed by atoms with Gasteiger partial charge in [-0.05, 0) is 32.9 Å². The van der Waals surface area contributed by atoms with Gasteiger partial charge >= 0.3 is 0 Å². The van der Waals surface area contributed by atoms with Crippen molar-refractivity contribution < 1.29 is 9.90 Å². The lowest BCUT2D eigenvalue weighted by molar-refractivity contribution is -0.142. The van der Waals surface area contributed by atoms with Crippen molar-refractivity contribution in [3.05, 3.63) is 0 Å². The molecule has 1 heterocycles. The topological polar surface area (TPSA) is 52.6 Å². The number of carbonyl (C=O) groups is 1. The Hall–Kier alpha value is -0.610. The van der Waals surface area contributed by atoms with Crippen molar-refractivity contribution in [3.63, 3.8) is 0 Å². The van der Waals surface area contributed by atoms with Gasteiger partial charge in [-0.25, -0.2) is 0 Å². The summed E-state index contributed by atoms with van der Waals surface area (Å²) in [7, 11) is 1.77. The Kier molecular flexibility index (Phi) is 3.73. The fourth-order valence-electron chi connectivity index (χ4n) is 1.58. The lowest BCUT2D eigenvalue weighted by atomic mass is 9.87. The van der Waals surface area contributed by atoms with E-state index in [1.54, 1.807) is 11.9 Å². The van der Waals surface area contributed by atoms with Crippen LogP contribution >= 0.6 is 0 Å². The van der Waals surface area contributed by atoms with Crippen molar-refractivity contribution in [2.24, 2.45) is 11.8 Å². The minimum Gasteiger partial charge on any atom is -0.394 e. The van der Waals surface area contributed by atoms with Gasteiger partial charge in [-0.2, -0.15) is 0 Å². The highest BCUT2D eigenvalue weighted by molar-refractivity contribution is 5.79. The van der Waals surface area contributed by atoms with Crippen LogP contribution in [-0.2, 0) is 4.79 Å². The van der Waals surface area contributed by atoms with Gasteiger partial charge in [0.2, 0.25) is 5.91 Å². The van der Waals surface area contributed by atoms with Gasteiger partial charge in [0.15, 0.2) is 0 Å². The maximum atomic E-state index is 12.1. The Labute approximate surface area is 91.6 Å². The molecular weight excluding hydrogens is 192 g/mol. The summed E-state index contributed by atoms with van der Waals surface area (Å²) in [5, 5.41) is 12.4. The average molecular weight is 214 g/mol. The van der Waals surface area contributed by atoms with E-state index in [9.17, 15) is 9.90 Å².